The number of sulfone groups is 1. The van der Waals surface area contributed by atoms with Crippen LogP contribution >= 0.6 is 0 Å². The van der Waals surface area contributed by atoms with Gasteiger partial charge in [-0.05, 0) is 24.9 Å². The Morgan fingerprint density at radius 3 is 2.21 bits per heavy atom. The first kappa shape index (κ1) is 16.2. The number of hydrogen-bond acceptors (Lipinski definition) is 3. The van der Waals surface area contributed by atoms with Crippen molar-refractivity contribution in [3.63, 3.8) is 0 Å². The monoisotopic (exact) mass is 283 g/mol. The van der Waals surface area contributed by atoms with Crippen LogP contribution in [0.4, 0.5) is 0 Å². The number of hydrogen-bond donors (Lipinski definition) is 1. The van der Waals surface area contributed by atoms with E-state index in [4.69, 9.17) is 0 Å². The Hall–Kier alpha value is -0.870. The smallest absolute Gasteiger partial charge is 0.154 e. The van der Waals surface area contributed by atoms with Crippen molar-refractivity contribution in [2.24, 2.45) is 0 Å². The second kappa shape index (κ2) is 7.65. The molecule has 19 heavy (non-hydrogen) atoms. The van der Waals surface area contributed by atoms with Crippen LogP contribution in [0.3, 0.4) is 0 Å². The Morgan fingerprint density at radius 2 is 1.74 bits per heavy atom. The van der Waals surface area contributed by atoms with Crippen LogP contribution in [0.2, 0.25) is 0 Å². The van der Waals surface area contributed by atoms with E-state index in [9.17, 15) is 8.42 Å². The Morgan fingerprint density at radius 1 is 1.11 bits per heavy atom. The molecule has 0 spiro atoms. The minimum Gasteiger partial charge on any atom is -0.309 e. The summed E-state index contributed by atoms with van der Waals surface area (Å²) in [6.45, 7) is 6.58. The summed E-state index contributed by atoms with van der Waals surface area (Å²) in [5.74, 6) is 0.197. The Labute approximate surface area is 117 Å². The molecule has 1 N–H and O–H groups in total. The molecule has 1 aromatic carbocycles. The minimum atomic E-state index is -3.05. The lowest BCUT2D eigenvalue weighted by molar-refractivity contribution is 0.477. The van der Waals surface area contributed by atoms with Crippen LogP contribution in [0.5, 0.6) is 0 Å². The molecule has 0 fully saturated rings. The van der Waals surface area contributed by atoms with Gasteiger partial charge in [0.2, 0.25) is 0 Å². The van der Waals surface area contributed by atoms with E-state index in [0.717, 1.165) is 18.5 Å². The highest BCUT2D eigenvalue weighted by atomic mass is 32.2. The first-order valence-electron chi connectivity index (χ1n) is 7.06. The highest BCUT2D eigenvalue weighted by Gasteiger charge is 2.31. The zero-order valence-corrected chi connectivity index (χ0v) is 12.9. The molecule has 0 saturated heterocycles. The SMILES string of the molecule is CCCNC(c1ccccc1)C(CC)S(=O)(=O)CC. The average Bonchev–Trinajstić information content (AvgIpc) is 2.44. The largest absolute Gasteiger partial charge is 0.309 e. The maximum atomic E-state index is 12.3. The summed E-state index contributed by atoms with van der Waals surface area (Å²) in [5, 5.41) is 3.04. The van der Waals surface area contributed by atoms with Gasteiger partial charge in [0, 0.05) is 11.8 Å². The van der Waals surface area contributed by atoms with Gasteiger partial charge in [-0.1, -0.05) is 51.1 Å². The van der Waals surface area contributed by atoms with Gasteiger partial charge in [-0.2, -0.15) is 0 Å². The van der Waals surface area contributed by atoms with Gasteiger partial charge in [0.1, 0.15) is 0 Å². The molecule has 0 saturated carbocycles. The van der Waals surface area contributed by atoms with Gasteiger partial charge in [-0.25, -0.2) is 8.42 Å². The first-order chi connectivity index (χ1) is 9.06. The maximum Gasteiger partial charge on any atom is 0.154 e. The van der Waals surface area contributed by atoms with Crippen molar-refractivity contribution in [1.82, 2.24) is 5.32 Å². The molecule has 1 rings (SSSR count). The zero-order valence-electron chi connectivity index (χ0n) is 12.1. The van der Waals surface area contributed by atoms with E-state index in [1.807, 2.05) is 37.3 Å². The van der Waals surface area contributed by atoms with E-state index in [-0.39, 0.29) is 17.0 Å². The quantitative estimate of drug-likeness (QED) is 0.798. The minimum absolute atomic E-state index is 0.115. The molecule has 0 aromatic heterocycles. The molecule has 0 aliphatic rings. The molecule has 0 aliphatic carbocycles. The molecule has 108 valence electrons. The third kappa shape index (κ3) is 4.32. The third-order valence-electron chi connectivity index (χ3n) is 3.41. The standard InChI is InChI=1S/C15H25NO2S/c1-4-12-16-15(13-10-8-7-9-11-13)14(5-2)19(17,18)6-3/h7-11,14-16H,4-6,12H2,1-3H3. The van der Waals surface area contributed by atoms with Crippen molar-refractivity contribution in [2.45, 2.75) is 44.9 Å². The predicted octanol–water partition coefficient (Wildman–Crippen LogP) is 2.94. The zero-order chi connectivity index (χ0) is 14.3. The van der Waals surface area contributed by atoms with Crippen molar-refractivity contribution in [2.75, 3.05) is 12.3 Å². The van der Waals surface area contributed by atoms with Crippen molar-refractivity contribution in [3.05, 3.63) is 35.9 Å². The summed E-state index contributed by atoms with van der Waals surface area (Å²) in [4.78, 5) is 0. The highest BCUT2D eigenvalue weighted by Crippen LogP contribution is 2.25. The second-order valence-electron chi connectivity index (χ2n) is 4.74. The fraction of sp³-hybridized carbons (Fsp3) is 0.600. The molecule has 1 aromatic rings. The van der Waals surface area contributed by atoms with E-state index in [2.05, 4.69) is 12.2 Å². The van der Waals surface area contributed by atoms with Gasteiger partial charge in [-0.3, -0.25) is 0 Å². The summed E-state index contributed by atoms with van der Waals surface area (Å²) in [6, 6.07) is 9.76. The lowest BCUT2D eigenvalue weighted by atomic mass is 10.0. The third-order valence-corrected chi connectivity index (χ3v) is 5.74. The van der Waals surface area contributed by atoms with Crippen LogP contribution < -0.4 is 5.32 Å². The lowest BCUT2D eigenvalue weighted by Crippen LogP contribution is -2.38. The van der Waals surface area contributed by atoms with Gasteiger partial charge in [0.15, 0.2) is 9.84 Å². The summed E-state index contributed by atoms with van der Waals surface area (Å²) in [6.07, 6.45) is 1.62. The van der Waals surface area contributed by atoms with Crippen LogP contribution in [-0.4, -0.2) is 26.0 Å². The molecule has 0 radical (unpaired) electrons. The Balaban J connectivity index is 3.08. The Bertz CT molecular complexity index is 456. The van der Waals surface area contributed by atoms with Crippen molar-refractivity contribution < 1.29 is 8.42 Å². The second-order valence-corrected chi connectivity index (χ2v) is 7.25. The average molecular weight is 283 g/mol. The number of benzene rings is 1. The van der Waals surface area contributed by atoms with Crippen molar-refractivity contribution >= 4 is 9.84 Å². The van der Waals surface area contributed by atoms with E-state index in [0.29, 0.717) is 6.42 Å². The normalized spacial score (nSPS) is 15.1. The number of rotatable bonds is 8. The molecule has 0 aliphatic heterocycles. The van der Waals surface area contributed by atoms with E-state index in [1.54, 1.807) is 6.92 Å². The van der Waals surface area contributed by atoms with E-state index in [1.165, 1.54) is 0 Å². The van der Waals surface area contributed by atoms with Gasteiger partial charge >= 0.3 is 0 Å². The van der Waals surface area contributed by atoms with Crippen LogP contribution in [0, 0.1) is 0 Å². The number of nitrogens with one attached hydrogen (secondary N) is 1. The van der Waals surface area contributed by atoms with Gasteiger partial charge in [0.05, 0.1) is 5.25 Å². The molecular formula is C15H25NO2S. The summed E-state index contributed by atoms with van der Waals surface area (Å²) in [5.41, 5.74) is 1.06. The molecule has 2 atom stereocenters. The summed E-state index contributed by atoms with van der Waals surface area (Å²) >= 11 is 0. The van der Waals surface area contributed by atoms with Gasteiger partial charge < -0.3 is 5.32 Å². The van der Waals surface area contributed by atoms with E-state index < -0.39 is 9.84 Å². The van der Waals surface area contributed by atoms with E-state index >= 15 is 0 Å². The van der Waals surface area contributed by atoms with Crippen LogP contribution in [-0.2, 0) is 9.84 Å². The molecule has 0 amide bonds. The fourth-order valence-corrected chi connectivity index (χ4v) is 3.94. The Kier molecular flexibility index (Phi) is 6.52. The lowest BCUT2D eigenvalue weighted by Gasteiger charge is -2.27. The van der Waals surface area contributed by atoms with Crippen LogP contribution in [0.25, 0.3) is 0 Å². The first-order valence-corrected chi connectivity index (χ1v) is 8.78. The molecule has 4 heteroatoms. The topological polar surface area (TPSA) is 46.2 Å². The highest BCUT2D eigenvalue weighted by molar-refractivity contribution is 7.92. The summed E-state index contributed by atoms with van der Waals surface area (Å²) < 4.78 is 24.5. The summed E-state index contributed by atoms with van der Waals surface area (Å²) in [7, 11) is -3.05. The molecular weight excluding hydrogens is 258 g/mol. The molecule has 0 heterocycles. The molecule has 3 nitrogen and oxygen atoms in total. The fourth-order valence-electron chi connectivity index (χ4n) is 2.34. The van der Waals surface area contributed by atoms with Crippen LogP contribution in [0.1, 0.15) is 45.2 Å². The maximum absolute atomic E-state index is 12.3. The molecule has 2 unspecified atom stereocenters. The molecule has 0 bridgehead atoms. The van der Waals surface area contributed by atoms with Crippen LogP contribution in [0.15, 0.2) is 30.3 Å². The van der Waals surface area contributed by atoms with Crippen molar-refractivity contribution in [3.8, 4) is 0 Å². The predicted molar refractivity (Wildman–Crippen MR) is 81.0 cm³/mol. The van der Waals surface area contributed by atoms with Gasteiger partial charge in [0.25, 0.3) is 0 Å². The van der Waals surface area contributed by atoms with Crippen molar-refractivity contribution in [1.29, 1.82) is 0 Å². The van der Waals surface area contributed by atoms with Gasteiger partial charge in [-0.15, -0.1) is 0 Å².